The van der Waals surface area contributed by atoms with Crippen LogP contribution in [0.4, 0.5) is 5.69 Å². The maximum absolute atomic E-state index is 5.20. The van der Waals surface area contributed by atoms with Gasteiger partial charge in [-0.05, 0) is 18.1 Å². The highest BCUT2D eigenvalue weighted by molar-refractivity contribution is 5.45. The molecule has 1 fully saturated rings. The van der Waals surface area contributed by atoms with E-state index in [2.05, 4.69) is 40.5 Å². The molecule has 2 heterocycles. The number of rotatable bonds is 3. The van der Waals surface area contributed by atoms with E-state index in [1.54, 1.807) is 6.26 Å². The minimum atomic E-state index is 0.499. The molecule has 1 atom stereocenters. The Hall–Kier alpha value is -1.74. The van der Waals surface area contributed by atoms with Gasteiger partial charge in [0, 0.05) is 25.7 Å². The maximum atomic E-state index is 5.20. The molecule has 1 aromatic carbocycles. The predicted octanol–water partition coefficient (Wildman–Crippen LogP) is 2.30. The number of hydrogen-bond acceptors (Lipinski definition) is 3. The van der Waals surface area contributed by atoms with Gasteiger partial charge < -0.3 is 14.6 Å². The van der Waals surface area contributed by atoms with E-state index in [-0.39, 0.29) is 0 Å². The van der Waals surface area contributed by atoms with Crippen molar-refractivity contribution in [2.45, 2.75) is 12.5 Å². The van der Waals surface area contributed by atoms with Crippen LogP contribution in [0.25, 0.3) is 0 Å². The molecule has 94 valence electrons. The third-order valence-corrected chi connectivity index (χ3v) is 3.50. The van der Waals surface area contributed by atoms with Gasteiger partial charge in [0.1, 0.15) is 6.26 Å². The van der Waals surface area contributed by atoms with Crippen molar-refractivity contribution in [2.75, 3.05) is 24.5 Å². The molecule has 1 saturated heterocycles. The van der Waals surface area contributed by atoms with Crippen molar-refractivity contribution in [1.29, 1.82) is 0 Å². The van der Waals surface area contributed by atoms with E-state index < -0.39 is 0 Å². The van der Waals surface area contributed by atoms with E-state index >= 15 is 0 Å². The third kappa shape index (κ3) is 2.41. The fourth-order valence-corrected chi connectivity index (χ4v) is 2.59. The largest absolute Gasteiger partial charge is 0.470 e. The summed E-state index contributed by atoms with van der Waals surface area (Å²) in [6.07, 6.45) is 4.65. The van der Waals surface area contributed by atoms with E-state index in [1.807, 2.05) is 12.3 Å². The quantitative estimate of drug-likeness (QED) is 0.895. The van der Waals surface area contributed by atoms with Crippen molar-refractivity contribution in [3.63, 3.8) is 0 Å². The SMILES string of the molecule is c1ccc(CC2CNCCN2c2ccoc2)cc1. The summed E-state index contributed by atoms with van der Waals surface area (Å²) in [6, 6.07) is 13.2. The van der Waals surface area contributed by atoms with Gasteiger partial charge >= 0.3 is 0 Å². The van der Waals surface area contributed by atoms with Crippen LogP contribution in [-0.4, -0.2) is 25.7 Å². The van der Waals surface area contributed by atoms with Crippen LogP contribution in [0, 0.1) is 0 Å². The van der Waals surface area contributed by atoms with Crippen molar-refractivity contribution in [3.05, 3.63) is 54.5 Å². The number of benzene rings is 1. The minimum Gasteiger partial charge on any atom is -0.470 e. The van der Waals surface area contributed by atoms with Gasteiger partial charge in [0.15, 0.2) is 0 Å². The summed E-state index contributed by atoms with van der Waals surface area (Å²) in [5.41, 5.74) is 2.58. The molecule has 1 unspecified atom stereocenters. The fourth-order valence-electron chi connectivity index (χ4n) is 2.59. The van der Waals surface area contributed by atoms with Crippen LogP contribution < -0.4 is 10.2 Å². The Labute approximate surface area is 107 Å². The maximum Gasteiger partial charge on any atom is 0.114 e. The Morgan fingerprint density at radius 1 is 1.22 bits per heavy atom. The molecule has 3 nitrogen and oxygen atoms in total. The topological polar surface area (TPSA) is 28.4 Å². The molecule has 3 rings (SSSR count). The van der Waals surface area contributed by atoms with Crippen LogP contribution >= 0.6 is 0 Å². The van der Waals surface area contributed by atoms with Crippen molar-refractivity contribution in [1.82, 2.24) is 5.32 Å². The van der Waals surface area contributed by atoms with Crippen molar-refractivity contribution < 1.29 is 4.42 Å². The average Bonchev–Trinajstić information content (AvgIpc) is 2.94. The number of nitrogens with zero attached hydrogens (tertiary/aromatic N) is 1. The lowest BCUT2D eigenvalue weighted by molar-refractivity contribution is 0.471. The van der Waals surface area contributed by atoms with E-state index in [9.17, 15) is 0 Å². The lowest BCUT2D eigenvalue weighted by atomic mass is 10.0. The Morgan fingerprint density at radius 2 is 2.11 bits per heavy atom. The van der Waals surface area contributed by atoms with Gasteiger partial charge in [0.05, 0.1) is 12.0 Å². The Balaban J connectivity index is 1.76. The molecule has 0 radical (unpaired) electrons. The number of nitrogens with one attached hydrogen (secondary N) is 1. The first-order chi connectivity index (χ1) is 8.93. The lowest BCUT2D eigenvalue weighted by Gasteiger charge is -2.37. The van der Waals surface area contributed by atoms with E-state index in [0.29, 0.717) is 6.04 Å². The number of hydrogen-bond donors (Lipinski definition) is 1. The molecule has 3 heteroatoms. The molecule has 18 heavy (non-hydrogen) atoms. The molecule has 1 aliphatic rings. The first-order valence-electron chi connectivity index (χ1n) is 6.47. The zero-order chi connectivity index (χ0) is 12.2. The highest BCUT2D eigenvalue weighted by atomic mass is 16.3. The molecule has 1 aliphatic heterocycles. The minimum absolute atomic E-state index is 0.499. The summed E-state index contributed by atoms with van der Waals surface area (Å²) in [5.74, 6) is 0. The molecule has 1 aromatic heterocycles. The highest BCUT2D eigenvalue weighted by Crippen LogP contribution is 2.20. The first kappa shape index (κ1) is 11.4. The Bertz CT molecular complexity index is 467. The van der Waals surface area contributed by atoms with E-state index in [0.717, 1.165) is 26.1 Å². The van der Waals surface area contributed by atoms with Crippen LogP contribution in [0.3, 0.4) is 0 Å². The summed E-state index contributed by atoms with van der Waals surface area (Å²) < 4.78 is 5.20. The molecule has 0 spiro atoms. The second-order valence-corrected chi connectivity index (χ2v) is 4.72. The van der Waals surface area contributed by atoms with Crippen LogP contribution in [0.5, 0.6) is 0 Å². The van der Waals surface area contributed by atoms with Crippen LogP contribution in [0.1, 0.15) is 5.56 Å². The van der Waals surface area contributed by atoms with Gasteiger partial charge in [-0.25, -0.2) is 0 Å². The third-order valence-electron chi connectivity index (χ3n) is 3.50. The van der Waals surface area contributed by atoms with Gasteiger partial charge in [-0.15, -0.1) is 0 Å². The fraction of sp³-hybridized carbons (Fsp3) is 0.333. The normalized spacial score (nSPS) is 20.0. The van der Waals surface area contributed by atoms with Gasteiger partial charge in [-0.1, -0.05) is 30.3 Å². The van der Waals surface area contributed by atoms with E-state index in [1.165, 1.54) is 11.3 Å². The van der Waals surface area contributed by atoms with E-state index in [4.69, 9.17) is 4.42 Å². The van der Waals surface area contributed by atoms with Crippen molar-refractivity contribution >= 4 is 5.69 Å². The zero-order valence-electron chi connectivity index (χ0n) is 10.4. The lowest BCUT2D eigenvalue weighted by Crippen LogP contribution is -2.52. The zero-order valence-corrected chi connectivity index (χ0v) is 10.4. The Morgan fingerprint density at radius 3 is 2.89 bits per heavy atom. The first-order valence-corrected chi connectivity index (χ1v) is 6.47. The van der Waals surface area contributed by atoms with Gasteiger partial charge in [-0.3, -0.25) is 0 Å². The van der Waals surface area contributed by atoms with Crippen LogP contribution in [-0.2, 0) is 6.42 Å². The Kier molecular flexibility index (Phi) is 3.33. The number of furan rings is 1. The van der Waals surface area contributed by atoms with Gasteiger partial charge in [0.25, 0.3) is 0 Å². The molecule has 1 N–H and O–H groups in total. The molecular formula is C15H18N2O. The number of piperazine rings is 1. The van der Waals surface area contributed by atoms with Gasteiger partial charge in [-0.2, -0.15) is 0 Å². The predicted molar refractivity (Wildman–Crippen MR) is 72.9 cm³/mol. The average molecular weight is 242 g/mol. The van der Waals surface area contributed by atoms with Crippen molar-refractivity contribution in [3.8, 4) is 0 Å². The molecule has 0 aliphatic carbocycles. The smallest absolute Gasteiger partial charge is 0.114 e. The second kappa shape index (κ2) is 5.27. The molecule has 0 bridgehead atoms. The highest BCUT2D eigenvalue weighted by Gasteiger charge is 2.23. The number of anilines is 1. The summed E-state index contributed by atoms with van der Waals surface area (Å²) in [5, 5.41) is 3.47. The second-order valence-electron chi connectivity index (χ2n) is 4.72. The monoisotopic (exact) mass is 242 g/mol. The standard InChI is InChI=1S/C15H18N2O/c1-2-4-13(5-3-1)10-15-11-16-7-8-17(15)14-6-9-18-12-14/h1-6,9,12,15-16H,7-8,10-11H2. The summed E-state index contributed by atoms with van der Waals surface area (Å²) in [4.78, 5) is 2.44. The molecule has 2 aromatic rings. The van der Waals surface area contributed by atoms with Crippen molar-refractivity contribution in [2.24, 2.45) is 0 Å². The van der Waals surface area contributed by atoms with Gasteiger partial charge in [0.2, 0.25) is 0 Å². The molecular weight excluding hydrogens is 224 g/mol. The molecule has 0 saturated carbocycles. The molecule has 0 amide bonds. The van der Waals surface area contributed by atoms with Crippen LogP contribution in [0.15, 0.2) is 53.3 Å². The van der Waals surface area contributed by atoms with Crippen LogP contribution in [0.2, 0.25) is 0 Å². The summed E-state index contributed by atoms with van der Waals surface area (Å²) in [7, 11) is 0. The summed E-state index contributed by atoms with van der Waals surface area (Å²) in [6.45, 7) is 3.10. The summed E-state index contributed by atoms with van der Waals surface area (Å²) >= 11 is 0.